The molecule has 0 aliphatic carbocycles. The van der Waals surface area contributed by atoms with Crippen LogP contribution in [0.15, 0.2) is 36.5 Å². The van der Waals surface area contributed by atoms with Gasteiger partial charge in [-0.05, 0) is 29.8 Å². The van der Waals surface area contributed by atoms with E-state index in [0.29, 0.717) is 11.1 Å². The van der Waals surface area contributed by atoms with Crippen molar-refractivity contribution in [3.63, 3.8) is 0 Å². The monoisotopic (exact) mass is 216 g/mol. The molecular weight excluding hydrogens is 210 g/mol. The molecule has 2 aromatic rings. The van der Waals surface area contributed by atoms with Crippen molar-refractivity contribution >= 4 is 0 Å². The molecule has 78 valence electrons. The largest absolute Gasteiger partial charge is 0.245 e. The van der Waals surface area contributed by atoms with Crippen molar-refractivity contribution in [2.45, 2.75) is 0 Å². The van der Waals surface area contributed by atoms with Gasteiger partial charge in [-0.25, -0.2) is 13.8 Å². The van der Waals surface area contributed by atoms with Crippen molar-refractivity contribution in [1.29, 1.82) is 5.26 Å². The molecule has 4 heteroatoms. The average molecular weight is 216 g/mol. The molecule has 0 spiro atoms. The van der Waals surface area contributed by atoms with Gasteiger partial charge in [0.1, 0.15) is 11.8 Å². The smallest absolute Gasteiger partial charge is 0.159 e. The van der Waals surface area contributed by atoms with Gasteiger partial charge in [0.15, 0.2) is 11.6 Å². The summed E-state index contributed by atoms with van der Waals surface area (Å²) in [4.78, 5) is 3.85. The molecule has 2 nitrogen and oxygen atoms in total. The van der Waals surface area contributed by atoms with Crippen LogP contribution in [-0.4, -0.2) is 4.98 Å². The Bertz CT molecular complexity index is 556. The van der Waals surface area contributed by atoms with Crippen molar-refractivity contribution in [2.75, 3.05) is 0 Å². The predicted octanol–water partition coefficient (Wildman–Crippen LogP) is 2.90. The van der Waals surface area contributed by atoms with Crippen LogP contribution in [0, 0.1) is 23.0 Å². The summed E-state index contributed by atoms with van der Waals surface area (Å²) in [7, 11) is 0. The molecule has 0 aliphatic heterocycles. The second-order valence-electron chi connectivity index (χ2n) is 3.17. The number of halogens is 2. The van der Waals surface area contributed by atoms with E-state index in [4.69, 9.17) is 5.26 Å². The molecule has 0 fully saturated rings. The Hall–Kier alpha value is -2.28. The van der Waals surface area contributed by atoms with E-state index in [-0.39, 0.29) is 5.69 Å². The number of hydrogen-bond acceptors (Lipinski definition) is 2. The lowest BCUT2D eigenvalue weighted by atomic mass is 10.1. The summed E-state index contributed by atoms with van der Waals surface area (Å²) in [5, 5.41) is 8.56. The van der Waals surface area contributed by atoms with Gasteiger partial charge in [0.05, 0.1) is 0 Å². The third-order valence-electron chi connectivity index (χ3n) is 2.13. The molecular formula is C12H6F2N2. The molecule has 0 saturated carbocycles. The summed E-state index contributed by atoms with van der Waals surface area (Å²) in [6, 6.07) is 8.66. The first-order chi connectivity index (χ1) is 7.70. The quantitative estimate of drug-likeness (QED) is 0.734. The van der Waals surface area contributed by atoms with Crippen LogP contribution >= 0.6 is 0 Å². The Morgan fingerprint density at radius 2 is 1.75 bits per heavy atom. The summed E-state index contributed by atoms with van der Waals surface area (Å²) in [5.74, 6) is -1.78. The van der Waals surface area contributed by atoms with Crippen LogP contribution < -0.4 is 0 Å². The van der Waals surface area contributed by atoms with E-state index in [9.17, 15) is 8.78 Å². The normalized spacial score (nSPS) is 9.81. The zero-order valence-corrected chi connectivity index (χ0v) is 8.11. The number of pyridine rings is 1. The van der Waals surface area contributed by atoms with E-state index >= 15 is 0 Å². The minimum Gasteiger partial charge on any atom is -0.245 e. The highest BCUT2D eigenvalue weighted by Gasteiger charge is 2.04. The average Bonchev–Trinajstić information content (AvgIpc) is 2.33. The number of nitrogens with zero attached hydrogens (tertiary/aromatic N) is 2. The number of rotatable bonds is 1. The van der Waals surface area contributed by atoms with E-state index < -0.39 is 11.6 Å². The van der Waals surface area contributed by atoms with Crippen molar-refractivity contribution in [3.05, 3.63) is 53.9 Å². The third kappa shape index (κ3) is 1.89. The van der Waals surface area contributed by atoms with Crippen LogP contribution in [0.5, 0.6) is 0 Å². The molecule has 0 unspecified atom stereocenters. The van der Waals surface area contributed by atoms with Crippen molar-refractivity contribution in [2.24, 2.45) is 0 Å². The lowest BCUT2D eigenvalue weighted by Gasteiger charge is -2.01. The van der Waals surface area contributed by atoms with Gasteiger partial charge in [0.2, 0.25) is 0 Å². The molecule has 1 heterocycles. The van der Waals surface area contributed by atoms with Gasteiger partial charge in [-0.2, -0.15) is 5.26 Å². The Kier molecular flexibility index (Phi) is 2.61. The van der Waals surface area contributed by atoms with Gasteiger partial charge in [-0.3, -0.25) is 0 Å². The van der Waals surface area contributed by atoms with Gasteiger partial charge in [-0.1, -0.05) is 6.07 Å². The lowest BCUT2D eigenvalue weighted by molar-refractivity contribution is 0.509. The standard InChI is InChI=1S/C12H6F2N2/c13-11-4-2-8(5-12(11)14)9-1-3-10(6-15)16-7-9/h1-5,7H. The maximum Gasteiger partial charge on any atom is 0.159 e. The predicted molar refractivity (Wildman–Crippen MR) is 54.3 cm³/mol. The van der Waals surface area contributed by atoms with Gasteiger partial charge in [-0.15, -0.1) is 0 Å². The Balaban J connectivity index is 2.43. The molecule has 0 amide bonds. The number of benzene rings is 1. The fourth-order valence-corrected chi connectivity index (χ4v) is 1.31. The van der Waals surface area contributed by atoms with Gasteiger partial charge in [0.25, 0.3) is 0 Å². The minimum absolute atomic E-state index is 0.284. The summed E-state index contributed by atoms with van der Waals surface area (Å²) >= 11 is 0. The number of nitriles is 1. The molecule has 0 aliphatic rings. The molecule has 1 aromatic heterocycles. The van der Waals surface area contributed by atoms with E-state index in [1.807, 2.05) is 6.07 Å². The summed E-state index contributed by atoms with van der Waals surface area (Å²) in [5.41, 5.74) is 1.44. The highest BCUT2D eigenvalue weighted by atomic mass is 19.2. The minimum atomic E-state index is -0.901. The zero-order valence-electron chi connectivity index (χ0n) is 8.11. The first kappa shape index (κ1) is 10.2. The fourth-order valence-electron chi connectivity index (χ4n) is 1.31. The molecule has 0 atom stereocenters. The van der Waals surface area contributed by atoms with E-state index in [1.165, 1.54) is 18.3 Å². The van der Waals surface area contributed by atoms with Crippen molar-refractivity contribution in [3.8, 4) is 17.2 Å². The van der Waals surface area contributed by atoms with Crippen LogP contribution in [0.2, 0.25) is 0 Å². The maximum atomic E-state index is 13.0. The van der Waals surface area contributed by atoms with Gasteiger partial charge >= 0.3 is 0 Å². The van der Waals surface area contributed by atoms with E-state index in [2.05, 4.69) is 4.98 Å². The lowest BCUT2D eigenvalue weighted by Crippen LogP contribution is -1.87. The SMILES string of the molecule is N#Cc1ccc(-c2ccc(F)c(F)c2)cn1. The van der Waals surface area contributed by atoms with E-state index in [0.717, 1.165) is 12.1 Å². The topological polar surface area (TPSA) is 36.7 Å². The summed E-state index contributed by atoms with van der Waals surface area (Å²) < 4.78 is 25.7. The molecule has 16 heavy (non-hydrogen) atoms. The van der Waals surface area contributed by atoms with E-state index in [1.54, 1.807) is 6.07 Å². The second-order valence-corrected chi connectivity index (χ2v) is 3.17. The molecule has 0 saturated heterocycles. The Labute approximate surface area is 90.8 Å². The van der Waals surface area contributed by atoms with Crippen LogP contribution in [0.1, 0.15) is 5.69 Å². The number of aromatic nitrogens is 1. The van der Waals surface area contributed by atoms with Crippen molar-refractivity contribution in [1.82, 2.24) is 4.98 Å². The Morgan fingerprint density at radius 1 is 1.00 bits per heavy atom. The van der Waals surface area contributed by atoms with Crippen LogP contribution in [0.25, 0.3) is 11.1 Å². The van der Waals surface area contributed by atoms with Crippen LogP contribution in [0.3, 0.4) is 0 Å². The molecule has 0 radical (unpaired) electrons. The molecule has 0 N–H and O–H groups in total. The molecule has 0 bridgehead atoms. The Morgan fingerprint density at radius 3 is 2.31 bits per heavy atom. The van der Waals surface area contributed by atoms with Crippen molar-refractivity contribution < 1.29 is 8.78 Å². The fraction of sp³-hybridized carbons (Fsp3) is 0. The summed E-state index contributed by atoms with van der Waals surface area (Å²) in [6.07, 6.45) is 1.45. The second kappa shape index (κ2) is 4.07. The number of hydrogen-bond donors (Lipinski definition) is 0. The summed E-state index contributed by atoms with van der Waals surface area (Å²) in [6.45, 7) is 0. The molecule has 1 aromatic carbocycles. The van der Waals surface area contributed by atoms with Gasteiger partial charge < -0.3 is 0 Å². The highest BCUT2D eigenvalue weighted by molar-refractivity contribution is 5.62. The van der Waals surface area contributed by atoms with Crippen LogP contribution in [0.4, 0.5) is 8.78 Å². The first-order valence-electron chi connectivity index (χ1n) is 4.52. The van der Waals surface area contributed by atoms with Gasteiger partial charge in [0, 0.05) is 11.8 Å². The maximum absolute atomic E-state index is 13.0. The molecule has 2 rings (SSSR count). The third-order valence-corrected chi connectivity index (χ3v) is 2.13. The zero-order chi connectivity index (χ0) is 11.5. The highest BCUT2D eigenvalue weighted by Crippen LogP contribution is 2.20. The van der Waals surface area contributed by atoms with Crippen LogP contribution in [-0.2, 0) is 0 Å². The first-order valence-corrected chi connectivity index (χ1v) is 4.52.